The first kappa shape index (κ1) is 20.6. The molecule has 6 heteroatoms. The number of nitrogens with two attached hydrogens (primary N) is 1. The van der Waals surface area contributed by atoms with Crippen molar-refractivity contribution in [3.05, 3.63) is 89.1 Å². The van der Waals surface area contributed by atoms with Crippen LogP contribution >= 0.6 is 0 Å². The summed E-state index contributed by atoms with van der Waals surface area (Å²) in [4.78, 5) is 11.2. The number of aromatic nitrogens is 2. The van der Waals surface area contributed by atoms with E-state index in [1.807, 2.05) is 25.2 Å². The fourth-order valence-electron chi connectivity index (χ4n) is 4.49. The van der Waals surface area contributed by atoms with Crippen molar-refractivity contribution in [3.63, 3.8) is 0 Å². The van der Waals surface area contributed by atoms with E-state index in [1.54, 1.807) is 0 Å². The minimum atomic E-state index is -0.139. The third-order valence-corrected chi connectivity index (χ3v) is 6.05. The number of aliphatic hydroxyl groups excluding tert-OH is 1. The van der Waals surface area contributed by atoms with Gasteiger partial charge in [-0.05, 0) is 47.0 Å². The molecule has 1 aliphatic rings. The van der Waals surface area contributed by atoms with Crippen molar-refractivity contribution in [2.24, 2.45) is 0 Å². The molecular formula is C26H26N5O. The van der Waals surface area contributed by atoms with E-state index in [0.717, 1.165) is 34.3 Å². The number of anilines is 1. The summed E-state index contributed by atoms with van der Waals surface area (Å²) in [7, 11) is 2.02. The van der Waals surface area contributed by atoms with Crippen molar-refractivity contribution in [1.29, 1.82) is 0 Å². The van der Waals surface area contributed by atoms with Gasteiger partial charge < -0.3 is 10.8 Å². The second-order valence-corrected chi connectivity index (χ2v) is 8.26. The maximum atomic E-state index is 9.27. The quantitative estimate of drug-likeness (QED) is 0.494. The van der Waals surface area contributed by atoms with Crippen molar-refractivity contribution in [3.8, 4) is 11.1 Å². The van der Waals surface area contributed by atoms with Crippen molar-refractivity contribution < 1.29 is 5.11 Å². The van der Waals surface area contributed by atoms with E-state index < -0.39 is 0 Å². The molecule has 0 bridgehead atoms. The normalized spacial score (nSPS) is 15.4. The van der Waals surface area contributed by atoms with Crippen molar-refractivity contribution in [1.82, 2.24) is 20.2 Å². The third-order valence-electron chi connectivity index (χ3n) is 6.05. The van der Waals surface area contributed by atoms with Gasteiger partial charge in [-0.1, -0.05) is 54.6 Å². The smallest absolute Gasteiger partial charge is 0.220 e. The molecule has 3 aromatic carbocycles. The van der Waals surface area contributed by atoms with E-state index in [1.165, 1.54) is 16.7 Å². The van der Waals surface area contributed by atoms with Gasteiger partial charge in [0.2, 0.25) is 5.95 Å². The lowest BCUT2D eigenvalue weighted by atomic mass is 9.95. The molecule has 0 amide bonds. The van der Waals surface area contributed by atoms with Gasteiger partial charge in [0.1, 0.15) is 0 Å². The van der Waals surface area contributed by atoms with Crippen LogP contribution in [0.4, 0.5) is 5.95 Å². The minimum Gasteiger partial charge on any atom is -0.395 e. The highest BCUT2D eigenvalue weighted by Crippen LogP contribution is 2.36. The zero-order chi connectivity index (χ0) is 22.1. The molecule has 0 spiro atoms. The van der Waals surface area contributed by atoms with Crippen LogP contribution in [-0.2, 0) is 13.1 Å². The fraction of sp³-hybridized carbons (Fsp3) is 0.231. The molecule has 1 atom stereocenters. The number of aliphatic hydroxyl groups is 1. The van der Waals surface area contributed by atoms with Gasteiger partial charge in [-0.2, -0.15) is 0 Å². The molecule has 6 nitrogen and oxygen atoms in total. The van der Waals surface area contributed by atoms with Crippen LogP contribution in [0.15, 0.2) is 66.7 Å². The van der Waals surface area contributed by atoms with Gasteiger partial charge in [-0.25, -0.2) is 15.3 Å². The van der Waals surface area contributed by atoms with Crippen LogP contribution in [0.2, 0.25) is 0 Å². The third kappa shape index (κ3) is 3.84. The number of nitrogens with zero attached hydrogens (tertiary/aromatic N) is 4. The summed E-state index contributed by atoms with van der Waals surface area (Å²) in [5, 5.41) is 15.1. The highest BCUT2D eigenvalue weighted by atomic mass is 16.3. The molecule has 1 aliphatic heterocycles. The van der Waals surface area contributed by atoms with Gasteiger partial charge in [0.05, 0.1) is 23.9 Å². The van der Waals surface area contributed by atoms with E-state index in [9.17, 15) is 5.11 Å². The molecule has 4 aromatic rings. The second-order valence-electron chi connectivity index (χ2n) is 8.26. The lowest BCUT2D eigenvalue weighted by Gasteiger charge is -2.19. The van der Waals surface area contributed by atoms with Crippen LogP contribution in [-0.4, -0.2) is 40.2 Å². The fourth-order valence-corrected chi connectivity index (χ4v) is 4.49. The summed E-state index contributed by atoms with van der Waals surface area (Å²) in [6, 6.07) is 22.8. The standard InChI is InChI=1S/C26H26N5O/c1-31(12-13-32)16-19-7-3-4-8-20(19)17-10-11-23-22(14-17)25(30-26(27)29-23)24-21-9-5-2-6-18(21)15-28-24/h2-11,14,24,32H,12-13,15-16H2,1H3,(H2,27,29,30). The van der Waals surface area contributed by atoms with E-state index >= 15 is 0 Å². The Labute approximate surface area is 187 Å². The van der Waals surface area contributed by atoms with Crippen LogP contribution in [0.3, 0.4) is 0 Å². The van der Waals surface area contributed by atoms with E-state index in [0.29, 0.717) is 13.1 Å². The summed E-state index contributed by atoms with van der Waals surface area (Å²) in [5.41, 5.74) is 13.6. The summed E-state index contributed by atoms with van der Waals surface area (Å²) >= 11 is 0. The molecule has 0 saturated carbocycles. The topological polar surface area (TPSA) is 89.4 Å². The van der Waals surface area contributed by atoms with Crippen LogP contribution in [0, 0.1) is 0 Å². The Balaban J connectivity index is 1.62. The number of hydrogen-bond acceptors (Lipinski definition) is 5. The number of nitrogen functional groups attached to an aromatic ring is 1. The van der Waals surface area contributed by atoms with Gasteiger partial charge in [0.15, 0.2) is 0 Å². The first-order valence-electron chi connectivity index (χ1n) is 10.8. The highest BCUT2D eigenvalue weighted by Gasteiger charge is 2.27. The maximum absolute atomic E-state index is 9.27. The van der Waals surface area contributed by atoms with Crippen molar-refractivity contribution >= 4 is 16.9 Å². The number of likely N-dealkylation sites (N-methyl/N-ethyl adjacent to an activating group) is 1. The van der Waals surface area contributed by atoms with E-state index in [-0.39, 0.29) is 18.6 Å². The zero-order valence-electron chi connectivity index (χ0n) is 18.1. The van der Waals surface area contributed by atoms with Gasteiger partial charge >= 0.3 is 0 Å². The molecule has 1 aromatic heterocycles. The van der Waals surface area contributed by atoms with E-state index in [2.05, 4.69) is 63.4 Å². The summed E-state index contributed by atoms with van der Waals surface area (Å²) in [6.07, 6.45) is 0. The van der Waals surface area contributed by atoms with Crippen LogP contribution in [0.5, 0.6) is 0 Å². The lowest BCUT2D eigenvalue weighted by molar-refractivity contribution is 0.217. The molecule has 2 heterocycles. The summed E-state index contributed by atoms with van der Waals surface area (Å²) in [5.74, 6) is 0.269. The van der Waals surface area contributed by atoms with Crippen LogP contribution < -0.4 is 11.1 Å². The maximum Gasteiger partial charge on any atom is 0.220 e. The summed E-state index contributed by atoms with van der Waals surface area (Å²) in [6.45, 7) is 2.21. The number of hydrogen-bond donors (Lipinski definition) is 2. The first-order chi connectivity index (χ1) is 15.6. The number of fused-ring (bicyclic) bond motifs is 2. The molecule has 0 fully saturated rings. The molecule has 3 N–H and O–H groups in total. The predicted octanol–water partition coefficient (Wildman–Crippen LogP) is 3.51. The molecule has 161 valence electrons. The highest BCUT2D eigenvalue weighted by molar-refractivity contribution is 5.88. The average molecular weight is 425 g/mol. The van der Waals surface area contributed by atoms with Crippen LogP contribution in [0.1, 0.15) is 28.4 Å². The Morgan fingerprint density at radius 2 is 1.84 bits per heavy atom. The lowest BCUT2D eigenvalue weighted by Crippen LogP contribution is -2.21. The molecule has 32 heavy (non-hydrogen) atoms. The summed E-state index contributed by atoms with van der Waals surface area (Å²) < 4.78 is 0. The average Bonchev–Trinajstić information content (AvgIpc) is 3.23. The first-order valence-corrected chi connectivity index (χ1v) is 10.8. The largest absolute Gasteiger partial charge is 0.395 e. The van der Waals surface area contributed by atoms with Crippen molar-refractivity contribution in [2.75, 3.05) is 25.9 Å². The Kier molecular flexibility index (Phi) is 5.57. The Morgan fingerprint density at radius 1 is 1.03 bits per heavy atom. The van der Waals surface area contributed by atoms with Gasteiger partial charge in [-0.3, -0.25) is 4.90 Å². The predicted molar refractivity (Wildman–Crippen MR) is 127 cm³/mol. The monoisotopic (exact) mass is 424 g/mol. The van der Waals surface area contributed by atoms with Gasteiger partial charge in [-0.15, -0.1) is 0 Å². The Bertz CT molecular complexity index is 1270. The minimum absolute atomic E-state index is 0.139. The van der Waals surface area contributed by atoms with Gasteiger partial charge in [0.25, 0.3) is 0 Å². The molecule has 1 unspecified atom stereocenters. The van der Waals surface area contributed by atoms with E-state index in [4.69, 9.17) is 11.1 Å². The van der Waals surface area contributed by atoms with Gasteiger partial charge in [0, 0.05) is 25.0 Å². The van der Waals surface area contributed by atoms with Crippen LogP contribution in [0.25, 0.3) is 22.0 Å². The molecule has 0 saturated heterocycles. The number of rotatable bonds is 6. The molecular weight excluding hydrogens is 398 g/mol. The molecule has 0 aliphatic carbocycles. The Morgan fingerprint density at radius 3 is 2.72 bits per heavy atom. The number of benzene rings is 3. The second kappa shape index (κ2) is 8.67. The molecule has 1 radical (unpaired) electrons. The zero-order valence-corrected chi connectivity index (χ0v) is 18.1. The molecule has 5 rings (SSSR count). The van der Waals surface area contributed by atoms with Crippen molar-refractivity contribution in [2.45, 2.75) is 19.1 Å². The Hall–Kier alpha value is -3.32. The SMILES string of the molecule is CN(CCO)Cc1ccccc1-c1ccc2nc(N)nc(C3[N]Cc4ccccc43)c2c1.